The lowest BCUT2D eigenvalue weighted by atomic mass is 10.2. The smallest absolute Gasteiger partial charge is 0.344 e. The number of carbonyl (C=O) groups excluding carboxylic acids is 1. The van der Waals surface area contributed by atoms with Gasteiger partial charge in [-0.2, -0.15) is 0 Å². The van der Waals surface area contributed by atoms with E-state index in [1.165, 1.54) is 0 Å². The van der Waals surface area contributed by atoms with Crippen molar-refractivity contribution in [3.63, 3.8) is 0 Å². The van der Waals surface area contributed by atoms with E-state index >= 15 is 0 Å². The van der Waals surface area contributed by atoms with Crippen molar-refractivity contribution in [2.75, 3.05) is 26.4 Å². The Morgan fingerprint density at radius 1 is 1.25 bits per heavy atom. The van der Waals surface area contributed by atoms with Crippen LogP contribution in [0.1, 0.15) is 12.8 Å². The molecule has 128 valence electrons. The Hall–Kier alpha value is -2.11. The Morgan fingerprint density at radius 3 is 2.92 bits per heavy atom. The number of hydrogen-bond acceptors (Lipinski definition) is 5. The second-order valence-corrected chi connectivity index (χ2v) is 5.43. The average molecular weight is 350 g/mol. The Balaban J connectivity index is 1.74. The lowest BCUT2D eigenvalue weighted by Crippen LogP contribution is -2.16. The van der Waals surface area contributed by atoms with Gasteiger partial charge >= 0.3 is 5.97 Å². The number of hydrogen-bond donors (Lipinski definition) is 0. The zero-order valence-electron chi connectivity index (χ0n) is 13.4. The molecular formula is C18H20ClNO4. The van der Waals surface area contributed by atoms with Crippen LogP contribution in [0.5, 0.6) is 5.75 Å². The first kappa shape index (κ1) is 18.2. The van der Waals surface area contributed by atoms with E-state index in [9.17, 15) is 4.79 Å². The second-order valence-electron chi connectivity index (χ2n) is 5.02. The molecule has 0 aliphatic heterocycles. The summed E-state index contributed by atoms with van der Waals surface area (Å²) in [6, 6.07) is 7.06. The van der Waals surface area contributed by atoms with E-state index in [1.54, 1.807) is 30.5 Å². The maximum Gasteiger partial charge on any atom is 0.344 e. The van der Waals surface area contributed by atoms with Crippen LogP contribution in [-0.4, -0.2) is 37.4 Å². The number of nitrogens with zero attached hydrogens (tertiary/aromatic N) is 1. The maximum absolute atomic E-state index is 11.7. The molecule has 0 amide bonds. The number of pyridine rings is 1. The number of unbranched alkanes of at least 4 members (excludes halogenated alkanes) is 1. The highest BCUT2D eigenvalue weighted by atomic mass is 35.5. The summed E-state index contributed by atoms with van der Waals surface area (Å²) in [6.45, 7) is 4.91. The Bertz CT molecular complexity index is 690. The SMILES string of the molecule is C=CCOCCCCOC(=O)COc1ccc(Cl)c2cccnc12. The molecule has 0 fully saturated rings. The summed E-state index contributed by atoms with van der Waals surface area (Å²) < 4.78 is 15.9. The molecule has 0 N–H and O–H groups in total. The maximum atomic E-state index is 11.7. The predicted molar refractivity (Wildman–Crippen MR) is 93.5 cm³/mol. The van der Waals surface area contributed by atoms with Gasteiger partial charge in [-0.05, 0) is 37.1 Å². The molecule has 1 heterocycles. The molecule has 0 aliphatic rings. The fourth-order valence-corrected chi connectivity index (χ4v) is 2.28. The highest BCUT2D eigenvalue weighted by molar-refractivity contribution is 6.35. The summed E-state index contributed by atoms with van der Waals surface area (Å²) in [4.78, 5) is 16.0. The van der Waals surface area contributed by atoms with Crippen LogP contribution < -0.4 is 4.74 Å². The van der Waals surface area contributed by atoms with Gasteiger partial charge in [-0.1, -0.05) is 17.7 Å². The number of esters is 1. The zero-order valence-corrected chi connectivity index (χ0v) is 14.1. The molecular weight excluding hydrogens is 330 g/mol. The van der Waals surface area contributed by atoms with E-state index in [-0.39, 0.29) is 6.61 Å². The third-order valence-electron chi connectivity index (χ3n) is 3.21. The fourth-order valence-electron chi connectivity index (χ4n) is 2.07. The molecule has 6 heteroatoms. The molecule has 0 bridgehead atoms. The molecule has 0 unspecified atom stereocenters. The number of rotatable bonds is 10. The second kappa shape index (κ2) is 9.90. The molecule has 0 radical (unpaired) electrons. The molecule has 0 aliphatic carbocycles. The molecule has 2 rings (SSSR count). The number of halogens is 1. The van der Waals surface area contributed by atoms with Gasteiger partial charge in [0.1, 0.15) is 11.3 Å². The van der Waals surface area contributed by atoms with Crippen molar-refractivity contribution >= 4 is 28.5 Å². The number of ether oxygens (including phenoxy) is 3. The minimum atomic E-state index is -0.416. The monoisotopic (exact) mass is 349 g/mol. The van der Waals surface area contributed by atoms with Crippen molar-refractivity contribution in [2.45, 2.75) is 12.8 Å². The summed E-state index contributed by atoms with van der Waals surface area (Å²) in [5.41, 5.74) is 0.622. The van der Waals surface area contributed by atoms with Crippen LogP contribution in [0.2, 0.25) is 5.02 Å². The largest absolute Gasteiger partial charge is 0.480 e. The lowest BCUT2D eigenvalue weighted by molar-refractivity contribution is -0.146. The summed E-state index contributed by atoms with van der Waals surface area (Å²) in [5.74, 6) is 0.0887. The van der Waals surface area contributed by atoms with Crippen LogP contribution in [0.15, 0.2) is 43.1 Å². The van der Waals surface area contributed by atoms with E-state index in [2.05, 4.69) is 11.6 Å². The highest BCUT2D eigenvalue weighted by Crippen LogP contribution is 2.29. The van der Waals surface area contributed by atoms with E-state index in [4.69, 9.17) is 25.8 Å². The summed E-state index contributed by atoms with van der Waals surface area (Å²) in [5, 5.41) is 1.37. The zero-order chi connectivity index (χ0) is 17.2. The van der Waals surface area contributed by atoms with Gasteiger partial charge in [0.25, 0.3) is 0 Å². The molecule has 1 aromatic heterocycles. The van der Waals surface area contributed by atoms with Crippen molar-refractivity contribution in [1.29, 1.82) is 0 Å². The van der Waals surface area contributed by atoms with Crippen LogP contribution >= 0.6 is 11.6 Å². The first-order valence-corrected chi connectivity index (χ1v) is 8.10. The van der Waals surface area contributed by atoms with E-state index in [0.29, 0.717) is 36.1 Å². The Kier molecular flexibility index (Phi) is 7.52. The molecule has 5 nitrogen and oxygen atoms in total. The molecule has 0 saturated heterocycles. The molecule has 1 aromatic carbocycles. The molecule has 24 heavy (non-hydrogen) atoms. The summed E-state index contributed by atoms with van der Waals surface area (Å²) in [7, 11) is 0. The lowest BCUT2D eigenvalue weighted by Gasteiger charge is -2.09. The van der Waals surface area contributed by atoms with Gasteiger partial charge in [0, 0.05) is 18.2 Å². The van der Waals surface area contributed by atoms with Crippen LogP contribution in [0, 0.1) is 0 Å². The summed E-state index contributed by atoms with van der Waals surface area (Å²) in [6.07, 6.45) is 4.92. The van der Waals surface area contributed by atoms with Gasteiger partial charge in [-0.3, -0.25) is 4.98 Å². The standard InChI is InChI=1S/C18H20ClNO4/c1-2-10-22-11-3-4-12-23-17(21)13-24-16-8-7-15(19)14-6-5-9-20-18(14)16/h2,5-9H,1,3-4,10-13H2. The van der Waals surface area contributed by atoms with Crippen LogP contribution in [0.25, 0.3) is 10.9 Å². The average Bonchev–Trinajstić information content (AvgIpc) is 2.60. The quantitative estimate of drug-likeness (QED) is 0.371. The Labute approximate surface area is 146 Å². The fraction of sp³-hybridized carbons (Fsp3) is 0.333. The first-order chi connectivity index (χ1) is 11.7. The highest BCUT2D eigenvalue weighted by Gasteiger charge is 2.09. The van der Waals surface area contributed by atoms with E-state index in [0.717, 1.165) is 18.2 Å². The van der Waals surface area contributed by atoms with E-state index in [1.807, 2.05) is 6.07 Å². The van der Waals surface area contributed by atoms with Crippen molar-refractivity contribution in [3.05, 3.63) is 48.1 Å². The van der Waals surface area contributed by atoms with Gasteiger partial charge in [0.15, 0.2) is 6.61 Å². The van der Waals surface area contributed by atoms with Gasteiger partial charge in [0.05, 0.1) is 18.2 Å². The Morgan fingerprint density at radius 2 is 2.08 bits per heavy atom. The molecule has 0 atom stereocenters. The molecule has 2 aromatic rings. The topological polar surface area (TPSA) is 57.7 Å². The van der Waals surface area contributed by atoms with Crippen molar-refractivity contribution in [3.8, 4) is 5.75 Å². The normalized spacial score (nSPS) is 10.5. The van der Waals surface area contributed by atoms with Crippen molar-refractivity contribution in [1.82, 2.24) is 4.98 Å². The van der Waals surface area contributed by atoms with Gasteiger partial charge in [-0.15, -0.1) is 6.58 Å². The third-order valence-corrected chi connectivity index (χ3v) is 3.54. The minimum Gasteiger partial charge on any atom is -0.480 e. The number of aromatic nitrogens is 1. The predicted octanol–water partition coefficient (Wildman–Crippen LogP) is 3.79. The summed E-state index contributed by atoms with van der Waals surface area (Å²) >= 11 is 6.12. The number of carbonyl (C=O) groups is 1. The first-order valence-electron chi connectivity index (χ1n) is 7.72. The molecule has 0 spiro atoms. The van der Waals surface area contributed by atoms with Crippen LogP contribution in [0.4, 0.5) is 0 Å². The van der Waals surface area contributed by atoms with E-state index < -0.39 is 5.97 Å². The van der Waals surface area contributed by atoms with Crippen LogP contribution in [-0.2, 0) is 14.3 Å². The van der Waals surface area contributed by atoms with Gasteiger partial charge in [0.2, 0.25) is 0 Å². The number of fused-ring (bicyclic) bond motifs is 1. The molecule has 0 saturated carbocycles. The van der Waals surface area contributed by atoms with Crippen molar-refractivity contribution < 1.29 is 19.0 Å². The van der Waals surface area contributed by atoms with Gasteiger partial charge in [-0.25, -0.2) is 4.79 Å². The minimum absolute atomic E-state index is 0.166. The third kappa shape index (κ3) is 5.51. The van der Waals surface area contributed by atoms with Crippen molar-refractivity contribution in [2.24, 2.45) is 0 Å². The number of benzene rings is 1. The van der Waals surface area contributed by atoms with Gasteiger partial charge < -0.3 is 14.2 Å². The van der Waals surface area contributed by atoms with Crippen LogP contribution in [0.3, 0.4) is 0 Å².